The minimum atomic E-state index is 0.143. The Kier molecular flexibility index (Phi) is 3.25. The highest BCUT2D eigenvalue weighted by atomic mass is 32.1. The standard InChI is InChI=1S/C16H20N2O2S/c19-15-4-3-13-14(18(15)9-11-1-2-11)5-7-17(13)16(20)12-6-8-21-10-12/h6,8,10-11,13-14H,1-5,7,9H2/t13-,14-/m1/s1. The Balaban J connectivity index is 1.52. The second kappa shape index (κ2) is 5.13. The average Bonchev–Trinajstić information content (AvgIpc) is 3.00. The fourth-order valence-corrected chi connectivity index (χ4v) is 4.40. The molecule has 5 heteroatoms. The fourth-order valence-electron chi connectivity index (χ4n) is 3.77. The largest absolute Gasteiger partial charge is 0.337 e. The molecule has 0 N–H and O–H groups in total. The van der Waals surface area contributed by atoms with Gasteiger partial charge in [0.2, 0.25) is 5.91 Å². The predicted molar refractivity (Wildman–Crippen MR) is 81.2 cm³/mol. The number of thiophene rings is 1. The van der Waals surface area contributed by atoms with Crippen molar-refractivity contribution in [3.63, 3.8) is 0 Å². The van der Waals surface area contributed by atoms with Gasteiger partial charge in [-0.3, -0.25) is 9.59 Å². The number of piperidine rings is 1. The molecule has 3 heterocycles. The monoisotopic (exact) mass is 304 g/mol. The van der Waals surface area contributed by atoms with E-state index in [9.17, 15) is 9.59 Å². The molecule has 3 aliphatic rings. The molecule has 2 saturated heterocycles. The molecule has 0 unspecified atom stereocenters. The van der Waals surface area contributed by atoms with Crippen molar-refractivity contribution in [2.75, 3.05) is 13.1 Å². The summed E-state index contributed by atoms with van der Waals surface area (Å²) in [6.07, 6.45) is 4.90. The summed E-state index contributed by atoms with van der Waals surface area (Å²) in [5.74, 6) is 1.16. The summed E-state index contributed by atoms with van der Waals surface area (Å²) < 4.78 is 0. The molecule has 0 aromatic carbocycles. The van der Waals surface area contributed by atoms with Gasteiger partial charge in [-0.05, 0) is 43.0 Å². The molecular weight excluding hydrogens is 284 g/mol. The van der Waals surface area contributed by atoms with Crippen molar-refractivity contribution in [2.45, 2.75) is 44.2 Å². The van der Waals surface area contributed by atoms with Crippen molar-refractivity contribution in [3.8, 4) is 0 Å². The molecule has 2 amide bonds. The van der Waals surface area contributed by atoms with E-state index in [1.54, 1.807) is 11.3 Å². The maximum absolute atomic E-state index is 12.6. The van der Waals surface area contributed by atoms with Crippen LogP contribution in [0, 0.1) is 5.92 Å². The Hall–Kier alpha value is -1.36. The number of amides is 2. The zero-order valence-corrected chi connectivity index (χ0v) is 12.8. The Morgan fingerprint density at radius 1 is 1.24 bits per heavy atom. The average molecular weight is 304 g/mol. The number of carbonyl (C=O) groups excluding carboxylic acids is 2. The summed E-state index contributed by atoms with van der Waals surface area (Å²) in [5.41, 5.74) is 0.797. The van der Waals surface area contributed by atoms with Crippen LogP contribution in [0.25, 0.3) is 0 Å². The molecule has 2 aliphatic heterocycles. The summed E-state index contributed by atoms with van der Waals surface area (Å²) in [7, 11) is 0. The molecule has 1 saturated carbocycles. The topological polar surface area (TPSA) is 40.6 Å². The van der Waals surface area contributed by atoms with E-state index < -0.39 is 0 Å². The maximum Gasteiger partial charge on any atom is 0.255 e. The first-order valence-corrected chi connectivity index (χ1v) is 8.81. The first kappa shape index (κ1) is 13.3. The Morgan fingerprint density at radius 3 is 2.81 bits per heavy atom. The summed E-state index contributed by atoms with van der Waals surface area (Å²) >= 11 is 1.56. The number of likely N-dealkylation sites (tertiary alicyclic amines) is 2. The Labute approximate surface area is 128 Å². The zero-order valence-electron chi connectivity index (χ0n) is 12.0. The lowest BCUT2D eigenvalue weighted by molar-refractivity contribution is -0.137. The van der Waals surface area contributed by atoms with E-state index in [0.29, 0.717) is 18.2 Å². The molecule has 1 aliphatic carbocycles. The van der Waals surface area contributed by atoms with Crippen molar-refractivity contribution in [1.82, 2.24) is 9.80 Å². The van der Waals surface area contributed by atoms with Gasteiger partial charge >= 0.3 is 0 Å². The van der Waals surface area contributed by atoms with Gasteiger partial charge in [0.25, 0.3) is 5.91 Å². The molecule has 0 spiro atoms. The molecule has 112 valence electrons. The van der Waals surface area contributed by atoms with Crippen LogP contribution in [0.3, 0.4) is 0 Å². The highest BCUT2D eigenvalue weighted by Gasteiger charge is 2.46. The number of nitrogens with zero attached hydrogens (tertiary/aromatic N) is 2. The maximum atomic E-state index is 12.6. The smallest absolute Gasteiger partial charge is 0.255 e. The van der Waals surface area contributed by atoms with Crippen LogP contribution in [0.5, 0.6) is 0 Å². The minimum absolute atomic E-state index is 0.143. The van der Waals surface area contributed by atoms with E-state index >= 15 is 0 Å². The SMILES string of the molecule is O=C1CC[C@@H]2[C@@H](CCN2C(=O)c2ccsc2)N1CC1CC1. The van der Waals surface area contributed by atoms with E-state index in [2.05, 4.69) is 4.90 Å². The second-order valence-electron chi connectivity index (χ2n) is 6.46. The fraction of sp³-hybridized carbons (Fsp3) is 0.625. The number of hydrogen-bond acceptors (Lipinski definition) is 3. The molecule has 4 nitrogen and oxygen atoms in total. The highest BCUT2D eigenvalue weighted by Crippen LogP contribution is 2.37. The third-order valence-corrected chi connectivity index (χ3v) is 5.75. The molecule has 0 radical (unpaired) electrons. The van der Waals surface area contributed by atoms with E-state index in [4.69, 9.17) is 0 Å². The predicted octanol–water partition coefficient (Wildman–Crippen LogP) is 2.36. The van der Waals surface area contributed by atoms with E-state index in [-0.39, 0.29) is 18.0 Å². The third-order valence-electron chi connectivity index (χ3n) is 5.07. The summed E-state index contributed by atoms with van der Waals surface area (Å²) in [6, 6.07) is 2.39. The molecule has 1 aromatic rings. The van der Waals surface area contributed by atoms with Gasteiger partial charge in [0, 0.05) is 24.9 Å². The van der Waals surface area contributed by atoms with E-state index in [1.807, 2.05) is 21.7 Å². The van der Waals surface area contributed by atoms with Crippen LogP contribution in [-0.4, -0.2) is 46.8 Å². The van der Waals surface area contributed by atoms with Crippen LogP contribution in [0.15, 0.2) is 16.8 Å². The minimum Gasteiger partial charge on any atom is -0.337 e. The number of rotatable bonds is 3. The lowest BCUT2D eigenvalue weighted by Crippen LogP contribution is -2.53. The molecular formula is C16H20N2O2S. The summed E-state index contributed by atoms with van der Waals surface area (Å²) in [5, 5.41) is 3.87. The van der Waals surface area contributed by atoms with Crippen molar-refractivity contribution in [3.05, 3.63) is 22.4 Å². The lowest BCUT2D eigenvalue weighted by Gasteiger charge is -2.39. The number of carbonyl (C=O) groups is 2. The van der Waals surface area contributed by atoms with Crippen LogP contribution in [-0.2, 0) is 4.79 Å². The Morgan fingerprint density at radius 2 is 2.10 bits per heavy atom. The van der Waals surface area contributed by atoms with Gasteiger partial charge in [0.05, 0.1) is 17.6 Å². The first-order chi connectivity index (χ1) is 10.2. The van der Waals surface area contributed by atoms with Gasteiger partial charge in [-0.25, -0.2) is 0 Å². The van der Waals surface area contributed by atoms with Crippen molar-refractivity contribution >= 4 is 23.2 Å². The molecule has 21 heavy (non-hydrogen) atoms. The van der Waals surface area contributed by atoms with Crippen LogP contribution in [0.2, 0.25) is 0 Å². The number of hydrogen-bond donors (Lipinski definition) is 0. The highest BCUT2D eigenvalue weighted by molar-refractivity contribution is 7.08. The van der Waals surface area contributed by atoms with Gasteiger partial charge in [0.15, 0.2) is 0 Å². The zero-order chi connectivity index (χ0) is 14.4. The molecule has 4 rings (SSSR count). The summed E-state index contributed by atoms with van der Waals surface area (Å²) in [6.45, 7) is 1.71. The van der Waals surface area contributed by atoms with Gasteiger partial charge in [-0.1, -0.05) is 0 Å². The van der Waals surface area contributed by atoms with Crippen LogP contribution < -0.4 is 0 Å². The van der Waals surface area contributed by atoms with Crippen LogP contribution in [0.1, 0.15) is 42.5 Å². The van der Waals surface area contributed by atoms with Crippen LogP contribution >= 0.6 is 11.3 Å². The van der Waals surface area contributed by atoms with E-state index in [1.165, 1.54) is 12.8 Å². The van der Waals surface area contributed by atoms with Gasteiger partial charge in [-0.2, -0.15) is 11.3 Å². The van der Waals surface area contributed by atoms with Crippen molar-refractivity contribution in [2.24, 2.45) is 5.92 Å². The summed E-state index contributed by atoms with van der Waals surface area (Å²) in [4.78, 5) is 28.9. The number of fused-ring (bicyclic) bond motifs is 1. The normalized spacial score (nSPS) is 28.9. The van der Waals surface area contributed by atoms with E-state index in [0.717, 1.165) is 31.5 Å². The lowest BCUT2D eigenvalue weighted by atomic mass is 9.95. The quantitative estimate of drug-likeness (QED) is 0.860. The molecule has 0 bridgehead atoms. The van der Waals surface area contributed by atoms with Gasteiger partial charge < -0.3 is 9.80 Å². The molecule has 1 aromatic heterocycles. The molecule has 2 atom stereocenters. The third kappa shape index (κ3) is 2.37. The Bertz CT molecular complexity index is 553. The van der Waals surface area contributed by atoms with Crippen LogP contribution in [0.4, 0.5) is 0 Å². The van der Waals surface area contributed by atoms with Gasteiger partial charge in [-0.15, -0.1) is 0 Å². The van der Waals surface area contributed by atoms with Crippen molar-refractivity contribution < 1.29 is 9.59 Å². The van der Waals surface area contributed by atoms with Crippen molar-refractivity contribution in [1.29, 1.82) is 0 Å². The second-order valence-corrected chi connectivity index (χ2v) is 7.24. The first-order valence-electron chi connectivity index (χ1n) is 7.86. The molecule has 3 fully saturated rings. The van der Waals surface area contributed by atoms with Gasteiger partial charge in [0.1, 0.15) is 0 Å².